The van der Waals surface area contributed by atoms with E-state index in [0.717, 1.165) is 16.8 Å². The molecule has 1 aliphatic carbocycles. The smallest absolute Gasteiger partial charge is 0.336 e. The van der Waals surface area contributed by atoms with Crippen molar-refractivity contribution in [1.82, 2.24) is 5.32 Å². The van der Waals surface area contributed by atoms with E-state index < -0.39 is 11.9 Å². The molecule has 0 aromatic heterocycles. The van der Waals surface area contributed by atoms with Crippen LogP contribution in [0.5, 0.6) is 11.5 Å². The average Bonchev–Trinajstić information content (AvgIpc) is 3.29. The first-order chi connectivity index (χ1) is 13.6. The van der Waals surface area contributed by atoms with E-state index in [1.165, 1.54) is 7.11 Å². The van der Waals surface area contributed by atoms with Gasteiger partial charge in [0.05, 0.1) is 18.4 Å². The highest BCUT2D eigenvalue weighted by atomic mass is 16.7. The highest BCUT2D eigenvalue weighted by Gasteiger charge is 2.43. The maximum Gasteiger partial charge on any atom is 0.336 e. The van der Waals surface area contributed by atoms with Gasteiger partial charge in [-0.15, -0.1) is 0 Å². The van der Waals surface area contributed by atoms with Crippen LogP contribution in [-0.4, -0.2) is 25.7 Å². The molecule has 0 amide bonds. The van der Waals surface area contributed by atoms with E-state index in [2.05, 4.69) is 5.32 Å². The molecule has 1 atom stereocenters. The first-order valence-electron chi connectivity index (χ1n) is 8.94. The third-order valence-electron chi connectivity index (χ3n) is 5.38. The largest absolute Gasteiger partial charge is 0.466 e. The van der Waals surface area contributed by atoms with E-state index in [0.29, 0.717) is 33.9 Å². The van der Waals surface area contributed by atoms with Gasteiger partial charge >= 0.3 is 5.97 Å². The van der Waals surface area contributed by atoms with Gasteiger partial charge in [0.15, 0.2) is 17.3 Å². The Kier molecular flexibility index (Phi) is 3.55. The van der Waals surface area contributed by atoms with Crippen LogP contribution in [0, 0.1) is 0 Å². The fourth-order valence-corrected chi connectivity index (χ4v) is 4.14. The number of ether oxygens (including phenoxy) is 3. The van der Waals surface area contributed by atoms with Gasteiger partial charge in [0.1, 0.15) is 0 Å². The van der Waals surface area contributed by atoms with E-state index in [-0.39, 0.29) is 12.6 Å². The molecule has 6 nitrogen and oxygen atoms in total. The fourth-order valence-electron chi connectivity index (χ4n) is 4.14. The molecule has 2 aromatic rings. The summed E-state index contributed by atoms with van der Waals surface area (Å²) in [5.41, 5.74) is 4.62. The van der Waals surface area contributed by atoms with Crippen LogP contribution in [0.25, 0.3) is 5.70 Å². The Hall–Kier alpha value is -3.54. The van der Waals surface area contributed by atoms with Gasteiger partial charge in [-0.05, 0) is 24.6 Å². The van der Waals surface area contributed by atoms with E-state index in [9.17, 15) is 9.59 Å². The molecule has 1 N–H and O–H groups in total. The predicted octanol–water partition coefficient (Wildman–Crippen LogP) is 3.16. The molecule has 2 aliphatic heterocycles. The summed E-state index contributed by atoms with van der Waals surface area (Å²) in [6, 6.07) is 12.9. The van der Waals surface area contributed by atoms with E-state index in [1.54, 1.807) is 6.07 Å². The molecule has 28 heavy (non-hydrogen) atoms. The fraction of sp³-hybridized carbons (Fsp3) is 0.182. The molecular formula is C22H17NO5. The number of nitrogens with one attached hydrogen (secondary N) is 1. The van der Waals surface area contributed by atoms with Crippen LogP contribution in [-0.2, 0) is 9.53 Å². The lowest BCUT2D eigenvalue weighted by Crippen LogP contribution is -2.29. The van der Waals surface area contributed by atoms with E-state index in [4.69, 9.17) is 14.2 Å². The van der Waals surface area contributed by atoms with Crippen LogP contribution < -0.4 is 14.8 Å². The van der Waals surface area contributed by atoms with Crippen molar-refractivity contribution < 1.29 is 23.8 Å². The molecule has 2 aromatic carbocycles. The normalized spacial score (nSPS) is 19.4. The maximum atomic E-state index is 13.3. The van der Waals surface area contributed by atoms with Gasteiger partial charge in [0.2, 0.25) is 6.79 Å². The number of ketones is 1. The lowest BCUT2D eigenvalue weighted by Gasteiger charge is -2.29. The molecular weight excluding hydrogens is 358 g/mol. The summed E-state index contributed by atoms with van der Waals surface area (Å²) in [7, 11) is 1.34. The topological polar surface area (TPSA) is 73.9 Å². The van der Waals surface area contributed by atoms with Crippen LogP contribution >= 0.6 is 0 Å². The lowest BCUT2D eigenvalue weighted by molar-refractivity contribution is -0.136. The number of allylic oxidation sites excluding steroid dienone is 2. The van der Waals surface area contributed by atoms with Crippen molar-refractivity contribution in [3.63, 3.8) is 0 Å². The van der Waals surface area contributed by atoms with Crippen molar-refractivity contribution in [2.45, 2.75) is 12.8 Å². The number of benzene rings is 2. The average molecular weight is 375 g/mol. The maximum absolute atomic E-state index is 13.3. The van der Waals surface area contributed by atoms with Crippen molar-refractivity contribution in [1.29, 1.82) is 0 Å². The molecule has 140 valence electrons. The third kappa shape index (κ3) is 2.21. The number of esters is 1. The highest BCUT2D eigenvalue weighted by molar-refractivity contribution is 6.23. The van der Waals surface area contributed by atoms with Crippen molar-refractivity contribution in [2.24, 2.45) is 0 Å². The number of Topliss-reactive ketones (excluding diaryl/α,β-unsaturated/α-hetero) is 1. The van der Waals surface area contributed by atoms with Gasteiger partial charge in [-0.3, -0.25) is 4.79 Å². The Morgan fingerprint density at radius 2 is 1.86 bits per heavy atom. The SMILES string of the molecule is COC(=O)C1=C(C)NC2=C(C(=O)c3ccccc32)[C@H]1c1ccc2c(c1)OCO2. The third-order valence-corrected chi connectivity index (χ3v) is 5.38. The first-order valence-corrected chi connectivity index (χ1v) is 8.94. The summed E-state index contributed by atoms with van der Waals surface area (Å²) in [6.07, 6.45) is 0. The second-order valence-electron chi connectivity index (χ2n) is 6.86. The number of methoxy groups -OCH3 is 1. The Labute approximate surface area is 161 Å². The summed E-state index contributed by atoms with van der Waals surface area (Å²) in [5, 5.41) is 3.26. The highest BCUT2D eigenvalue weighted by Crippen LogP contribution is 2.48. The Morgan fingerprint density at radius 1 is 1.11 bits per heavy atom. The molecule has 0 unspecified atom stereocenters. The van der Waals surface area contributed by atoms with Crippen molar-refractivity contribution in [3.05, 3.63) is 76.0 Å². The zero-order valence-electron chi connectivity index (χ0n) is 15.4. The van der Waals surface area contributed by atoms with Crippen LogP contribution in [0.4, 0.5) is 0 Å². The molecule has 6 heteroatoms. The predicted molar refractivity (Wildman–Crippen MR) is 101 cm³/mol. The van der Waals surface area contributed by atoms with Crippen LogP contribution in [0.2, 0.25) is 0 Å². The van der Waals surface area contributed by atoms with E-state index >= 15 is 0 Å². The second-order valence-corrected chi connectivity index (χ2v) is 6.86. The van der Waals surface area contributed by atoms with Crippen molar-refractivity contribution in [3.8, 4) is 11.5 Å². The number of hydrogen-bond donors (Lipinski definition) is 1. The summed E-state index contributed by atoms with van der Waals surface area (Å²) in [5.74, 6) is 0.131. The van der Waals surface area contributed by atoms with Crippen LogP contribution in [0.3, 0.4) is 0 Å². The van der Waals surface area contributed by atoms with E-state index in [1.807, 2.05) is 43.3 Å². The summed E-state index contributed by atoms with van der Waals surface area (Å²) in [6.45, 7) is 1.98. The molecule has 0 bridgehead atoms. The minimum absolute atomic E-state index is 0.0883. The number of hydrogen-bond acceptors (Lipinski definition) is 6. The number of dihydropyridines is 1. The molecule has 0 saturated heterocycles. The lowest BCUT2D eigenvalue weighted by atomic mass is 9.79. The number of carbonyl (C=O) groups is 2. The van der Waals surface area contributed by atoms with Gasteiger partial charge in [-0.1, -0.05) is 30.3 Å². The quantitative estimate of drug-likeness (QED) is 0.813. The molecule has 0 spiro atoms. The molecule has 0 fully saturated rings. The van der Waals surface area contributed by atoms with Gasteiger partial charge in [0, 0.05) is 28.3 Å². The standard InChI is InChI=1S/C22H17NO5/c1-11-17(22(25)26-2)18(12-7-8-15-16(9-12)28-10-27-15)19-20(23-11)13-5-3-4-6-14(13)21(19)24/h3-9,18,23H,10H2,1-2H3/t18-/m0/s1. The minimum atomic E-state index is -0.557. The first kappa shape index (κ1) is 16.6. The Morgan fingerprint density at radius 3 is 2.64 bits per heavy atom. The number of rotatable bonds is 2. The summed E-state index contributed by atoms with van der Waals surface area (Å²) in [4.78, 5) is 25.9. The van der Waals surface area contributed by atoms with Crippen molar-refractivity contribution >= 4 is 17.4 Å². The van der Waals surface area contributed by atoms with Crippen LogP contribution in [0.1, 0.15) is 34.3 Å². The molecule has 3 aliphatic rings. The van der Waals surface area contributed by atoms with Gasteiger partial charge in [-0.25, -0.2) is 4.79 Å². The summed E-state index contributed by atoms with van der Waals surface area (Å²) >= 11 is 0. The zero-order valence-corrected chi connectivity index (χ0v) is 15.4. The monoisotopic (exact) mass is 375 g/mol. The van der Waals surface area contributed by atoms with Gasteiger partial charge in [0.25, 0.3) is 0 Å². The Balaban J connectivity index is 1.73. The number of carbonyl (C=O) groups excluding carboxylic acids is 2. The second kappa shape index (κ2) is 5.99. The minimum Gasteiger partial charge on any atom is -0.466 e. The van der Waals surface area contributed by atoms with Gasteiger partial charge in [-0.2, -0.15) is 0 Å². The Bertz CT molecular complexity index is 1110. The van der Waals surface area contributed by atoms with Gasteiger partial charge < -0.3 is 19.5 Å². The molecule has 5 rings (SSSR count). The summed E-state index contributed by atoms with van der Waals surface area (Å²) < 4.78 is 15.9. The molecule has 2 heterocycles. The number of fused-ring (bicyclic) bond motifs is 3. The van der Waals surface area contributed by atoms with Crippen LogP contribution in [0.15, 0.2) is 59.3 Å². The zero-order chi connectivity index (χ0) is 19.4. The molecule has 0 saturated carbocycles. The molecule has 0 radical (unpaired) electrons. The van der Waals surface area contributed by atoms with Crippen molar-refractivity contribution in [2.75, 3.05) is 13.9 Å².